The summed E-state index contributed by atoms with van der Waals surface area (Å²) in [7, 11) is 1.59. The molecule has 5 nitrogen and oxygen atoms in total. The van der Waals surface area contributed by atoms with Crippen molar-refractivity contribution in [1.82, 2.24) is 5.32 Å². The maximum atomic E-state index is 12.6. The molecule has 1 aromatic rings. The second kappa shape index (κ2) is 16.5. The van der Waals surface area contributed by atoms with Crippen LogP contribution in [0.15, 0.2) is 36.9 Å². The van der Waals surface area contributed by atoms with Crippen molar-refractivity contribution in [2.75, 3.05) is 7.11 Å². The van der Waals surface area contributed by atoms with Crippen LogP contribution in [0.1, 0.15) is 75.6 Å². The molecule has 1 N–H and O–H groups in total. The zero-order valence-electron chi connectivity index (χ0n) is 19.5. The molecule has 2 atom stereocenters. The molecule has 0 aliphatic carbocycles. The maximum absolute atomic E-state index is 12.6. The smallest absolute Gasteiger partial charge is 0.304 e. The molecule has 0 aromatic heterocycles. The van der Waals surface area contributed by atoms with Crippen LogP contribution in [-0.2, 0) is 9.53 Å². The van der Waals surface area contributed by atoms with Crippen molar-refractivity contribution >= 4 is 11.9 Å². The summed E-state index contributed by atoms with van der Waals surface area (Å²) in [6.45, 7) is 7.12. The van der Waals surface area contributed by atoms with Crippen molar-refractivity contribution < 1.29 is 19.1 Å². The van der Waals surface area contributed by atoms with Gasteiger partial charge in [0.05, 0.1) is 13.2 Å². The third kappa shape index (κ3) is 11.9. The van der Waals surface area contributed by atoms with Crippen LogP contribution in [-0.4, -0.2) is 31.1 Å². The number of esters is 1. The van der Waals surface area contributed by atoms with E-state index in [1.54, 1.807) is 31.4 Å². The Kier molecular flexibility index (Phi) is 13.9. The van der Waals surface area contributed by atoms with E-state index in [1.165, 1.54) is 45.1 Å². The molecule has 0 fully saturated rings. The second-order valence-electron chi connectivity index (χ2n) is 7.47. The van der Waals surface area contributed by atoms with Gasteiger partial charge in [0.25, 0.3) is 5.91 Å². The van der Waals surface area contributed by atoms with E-state index in [4.69, 9.17) is 9.47 Å². The van der Waals surface area contributed by atoms with Gasteiger partial charge in [-0.05, 0) is 54.5 Å². The molecular weight excluding hydrogens is 402 g/mol. The molecule has 0 heterocycles. The highest BCUT2D eigenvalue weighted by Crippen LogP contribution is 2.13. The average molecular weight is 438 g/mol. The molecule has 172 valence electrons. The van der Waals surface area contributed by atoms with Gasteiger partial charge in [-0.15, -0.1) is 0 Å². The molecular formula is C27H35NO4. The molecule has 0 aliphatic heterocycles. The first-order valence-corrected chi connectivity index (χ1v) is 11.3. The van der Waals surface area contributed by atoms with Gasteiger partial charge in [0.1, 0.15) is 5.75 Å². The molecule has 0 spiro atoms. The van der Waals surface area contributed by atoms with E-state index in [0.29, 0.717) is 11.3 Å². The van der Waals surface area contributed by atoms with E-state index in [-0.39, 0.29) is 11.9 Å². The minimum Gasteiger partial charge on any atom is -0.497 e. The summed E-state index contributed by atoms with van der Waals surface area (Å²) in [6.07, 6.45) is 9.80. The van der Waals surface area contributed by atoms with E-state index >= 15 is 0 Å². The van der Waals surface area contributed by atoms with E-state index in [9.17, 15) is 9.59 Å². The quantitative estimate of drug-likeness (QED) is 0.203. The average Bonchev–Trinajstić information content (AvgIpc) is 2.79. The maximum Gasteiger partial charge on any atom is 0.304 e. The van der Waals surface area contributed by atoms with Gasteiger partial charge < -0.3 is 14.8 Å². The van der Waals surface area contributed by atoms with Crippen LogP contribution in [0.2, 0.25) is 0 Å². The molecule has 1 aromatic carbocycles. The van der Waals surface area contributed by atoms with Gasteiger partial charge in [0, 0.05) is 12.5 Å². The molecule has 1 rings (SSSR count). The fourth-order valence-electron chi connectivity index (χ4n) is 3.02. The zero-order valence-corrected chi connectivity index (χ0v) is 19.5. The summed E-state index contributed by atoms with van der Waals surface area (Å²) in [5.74, 6) is 11.3. The highest BCUT2D eigenvalue weighted by molar-refractivity contribution is 5.94. The molecule has 0 saturated heterocycles. The van der Waals surface area contributed by atoms with Gasteiger partial charge in [0.2, 0.25) is 0 Å². The van der Waals surface area contributed by atoms with Crippen LogP contribution < -0.4 is 10.1 Å². The highest BCUT2D eigenvalue weighted by atomic mass is 16.5. The Hall–Kier alpha value is -3.18. The third-order valence-electron chi connectivity index (χ3n) is 4.78. The predicted molar refractivity (Wildman–Crippen MR) is 128 cm³/mol. The van der Waals surface area contributed by atoms with Crippen molar-refractivity contribution in [3.8, 4) is 29.4 Å². The topological polar surface area (TPSA) is 64.6 Å². The van der Waals surface area contributed by atoms with Gasteiger partial charge in [-0.1, -0.05) is 64.4 Å². The first-order valence-electron chi connectivity index (χ1n) is 11.3. The minimum atomic E-state index is -0.697. The lowest BCUT2D eigenvalue weighted by Gasteiger charge is -2.13. The number of amides is 1. The summed E-state index contributed by atoms with van der Waals surface area (Å²) in [6, 6.07) is 6.63. The molecule has 0 radical (unpaired) electrons. The van der Waals surface area contributed by atoms with Crippen LogP contribution >= 0.6 is 0 Å². The summed E-state index contributed by atoms with van der Waals surface area (Å²) in [4.78, 5) is 23.7. The lowest BCUT2D eigenvalue weighted by molar-refractivity contribution is -0.142. The number of hydrogen-bond donors (Lipinski definition) is 1. The molecule has 0 bridgehead atoms. The molecule has 5 heteroatoms. The Morgan fingerprint density at radius 2 is 1.66 bits per heavy atom. The summed E-state index contributed by atoms with van der Waals surface area (Å²) in [5, 5.41) is 2.99. The Morgan fingerprint density at radius 3 is 2.25 bits per heavy atom. The zero-order chi connectivity index (χ0) is 23.6. The van der Waals surface area contributed by atoms with E-state index in [2.05, 4.69) is 42.5 Å². The van der Waals surface area contributed by atoms with Crippen LogP contribution in [0, 0.1) is 23.7 Å². The van der Waals surface area contributed by atoms with Gasteiger partial charge in [-0.3, -0.25) is 9.59 Å². The molecule has 1 amide bonds. The second-order valence-corrected chi connectivity index (χ2v) is 7.47. The number of ether oxygens (including phenoxy) is 2. The van der Waals surface area contributed by atoms with E-state index in [1.807, 2.05) is 0 Å². The number of benzene rings is 1. The van der Waals surface area contributed by atoms with Gasteiger partial charge in [0.15, 0.2) is 6.10 Å². The summed E-state index contributed by atoms with van der Waals surface area (Å²) < 4.78 is 10.1. The minimum absolute atomic E-state index is 0.188. The third-order valence-corrected chi connectivity index (χ3v) is 4.78. The fraction of sp³-hybridized carbons (Fsp3) is 0.481. The number of carbonyl (C=O) groups is 2. The van der Waals surface area contributed by atoms with Gasteiger partial charge in [-0.25, -0.2) is 0 Å². The van der Waals surface area contributed by atoms with Crippen molar-refractivity contribution in [3.05, 3.63) is 42.5 Å². The normalized spacial score (nSPS) is 11.6. The summed E-state index contributed by atoms with van der Waals surface area (Å²) in [5.41, 5.74) is 0.546. The van der Waals surface area contributed by atoms with Crippen LogP contribution in [0.3, 0.4) is 0 Å². The number of hydrogen-bond acceptors (Lipinski definition) is 4. The first kappa shape index (κ1) is 26.9. The lowest BCUT2D eigenvalue weighted by atomic mass is 10.0. The number of unbranched alkanes of at least 4 members (excludes halogenated alkanes) is 6. The van der Waals surface area contributed by atoms with Crippen molar-refractivity contribution in [2.45, 2.75) is 77.4 Å². The molecule has 32 heavy (non-hydrogen) atoms. The number of methoxy groups -OCH3 is 1. The van der Waals surface area contributed by atoms with Gasteiger partial charge >= 0.3 is 5.97 Å². The van der Waals surface area contributed by atoms with E-state index in [0.717, 1.165) is 19.3 Å². The van der Waals surface area contributed by atoms with Crippen molar-refractivity contribution in [2.24, 2.45) is 0 Å². The molecule has 0 unspecified atom stereocenters. The Bertz CT molecular complexity index is 836. The molecule has 0 aliphatic rings. The SMILES string of the molecule is C=C[C@@H](C#CC#C[C@@H](CCCCCCCCC)NC(=O)c1ccc(OC)cc1)OC(C)=O. The van der Waals surface area contributed by atoms with Crippen LogP contribution in [0.4, 0.5) is 0 Å². The number of rotatable bonds is 13. The Morgan fingerprint density at radius 1 is 1.03 bits per heavy atom. The molecule has 0 saturated carbocycles. The monoisotopic (exact) mass is 437 g/mol. The highest BCUT2D eigenvalue weighted by Gasteiger charge is 2.12. The predicted octanol–water partition coefficient (Wildman–Crippen LogP) is 5.06. The van der Waals surface area contributed by atoms with Crippen molar-refractivity contribution in [3.63, 3.8) is 0 Å². The van der Waals surface area contributed by atoms with Gasteiger partial charge in [-0.2, -0.15) is 0 Å². The number of carbonyl (C=O) groups excluding carboxylic acids is 2. The van der Waals surface area contributed by atoms with Crippen LogP contribution in [0.5, 0.6) is 5.75 Å². The van der Waals surface area contributed by atoms with Crippen molar-refractivity contribution in [1.29, 1.82) is 0 Å². The Balaban J connectivity index is 2.74. The fourth-order valence-corrected chi connectivity index (χ4v) is 3.02. The number of nitrogens with one attached hydrogen (secondary N) is 1. The lowest BCUT2D eigenvalue weighted by Crippen LogP contribution is -2.33. The first-order chi connectivity index (χ1) is 15.5. The largest absolute Gasteiger partial charge is 0.497 e. The van der Waals surface area contributed by atoms with Crippen LogP contribution in [0.25, 0.3) is 0 Å². The Labute approximate surface area is 193 Å². The standard InChI is InChI=1S/C27H35NO4/c1-5-7-8-9-10-11-12-15-24(16-13-14-17-25(6-2)32-22(3)29)28-27(30)23-18-20-26(31-4)21-19-23/h6,18-21,24-25H,2,5,7-12,15H2,1,3-4H3,(H,28,30)/t24-,25+/m1/s1. The van der Waals surface area contributed by atoms with E-state index < -0.39 is 12.1 Å². The summed E-state index contributed by atoms with van der Waals surface area (Å²) >= 11 is 0.